The molecule has 1 aromatic heterocycles. The average molecular weight is 239 g/mol. The normalized spacial score (nSPS) is 15.1. The predicted octanol–water partition coefficient (Wildman–Crippen LogP) is 1.49. The molecule has 0 spiro atoms. The van der Waals surface area contributed by atoms with Crippen LogP contribution < -0.4 is 5.32 Å². The van der Waals surface area contributed by atoms with Crippen molar-refractivity contribution in [2.75, 3.05) is 19.8 Å². The van der Waals surface area contributed by atoms with E-state index in [4.69, 9.17) is 14.3 Å². The van der Waals surface area contributed by atoms with E-state index in [2.05, 4.69) is 5.32 Å². The number of carbonyl (C=O) groups is 1. The summed E-state index contributed by atoms with van der Waals surface area (Å²) in [7, 11) is 0. The lowest BCUT2D eigenvalue weighted by atomic mass is 10.2. The fraction of sp³-hybridized carbons (Fsp3) is 0.583. The summed E-state index contributed by atoms with van der Waals surface area (Å²) in [6.45, 7) is 2.62. The molecule has 2 rings (SSSR count). The first-order valence-corrected chi connectivity index (χ1v) is 5.85. The van der Waals surface area contributed by atoms with Gasteiger partial charge in [-0.3, -0.25) is 0 Å². The Bertz CT molecular complexity index is 370. The van der Waals surface area contributed by atoms with Crippen LogP contribution in [0.5, 0.6) is 0 Å². The number of ether oxygens (including phenoxy) is 1. The Morgan fingerprint density at radius 1 is 1.59 bits per heavy atom. The molecule has 94 valence electrons. The van der Waals surface area contributed by atoms with Crippen molar-refractivity contribution >= 4 is 5.97 Å². The van der Waals surface area contributed by atoms with Gasteiger partial charge in [-0.2, -0.15) is 0 Å². The minimum Gasteiger partial charge on any atom is -0.478 e. The number of hydrogen-bond donors (Lipinski definition) is 2. The summed E-state index contributed by atoms with van der Waals surface area (Å²) in [5, 5.41) is 11.9. The van der Waals surface area contributed by atoms with Crippen molar-refractivity contribution in [3.8, 4) is 0 Å². The van der Waals surface area contributed by atoms with E-state index in [1.54, 1.807) is 0 Å². The third-order valence-corrected chi connectivity index (χ3v) is 2.74. The minimum absolute atomic E-state index is 0.219. The van der Waals surface area contributed by atoms with Gasteiger partial charge in [0.15, 0.2) is 0 Å². The van der Waals surface area contributed by atoms with Gasteiger partial charge >= 0.3 is 5.97 Å². The van der Waals surface area contributed by atoms with E-state index in [0.29, 0.717) is 25.5 Å². The Labute approximate surface area is 99.8 Å². The molecule has 0 saturated heterocycles. The second-order valence-corrected chi connectivity index (χ2v) is 4.26. The van der Waals surface area contributed by atoms with Crippen LogP contribution in [0.15, 0.2) is 16.7 Å². The molecule has 1 aliphatic rings. The van der Waals surface area contributed by atoms with Crippen LogP contribution in [-0.2, 0) is 11.3 Å². The molecule has 2 N–H and O–H groups in total. The quantitative estimate of drug-likeness (QED) is 0.672. The van der Waals surface area contributed by atoms with Crippen LogP contribution in [-0.4, -0.2) is 30.8 Å². The molecular formula is C12H17NO4. The lowest BCUT2D eigenvalue weighted by molar-refractivity contribution is 0.0694. The molecule has 1 saturated carbocycles. The van der Waals surface area contributed by atoms with Gasteiger partial charge in [0.05, 0.1) is 19.4 Å². The monoisotopic (exact) mass is 239 g/mol. The Hall–Kier alpha value is -1.33. The Kier molecular flexibility index (Phi) is 4.17. The van der Waals surface area contributed by atoms with E-state index in [1.165, 1.54) is 25.2 Å². The smallest absolute Gasteiger partial charge is 0.339 e. The van der Waals surface area contributed by atoms with Gasteiger partial charge in [-0.15, -0.1) is 0 Å². The second kappa shape index (κ2) is 5.84. The molecule has 0 bridgehead atoms. The topological polar surface area (TPSA) is 71.7 Å². The molecule has 17 heavy (non-hydrogen) atoms. The highest BCUT2D eigenvalue weighted by molar-refractivity contribution is 5.88. The zero-order valence-electron chi connectivity index (χ0n) is 9.65. The number of furan rings is 1. The van der Waals surface area contributed by atoms with Gasteiger partial charge in [-0.05, 0) is 24.8 Å². The summed E-state index contributed by atoms with van der Waals surface area (Å²) >= 11 is 0. The van der Waals surface area contributed by atoms with Crippen LogP contribution >= 0.6 is 0 Å². The molecule has 1 fully saturated rings. The lowest BCUT2D eigenvalue weighted by Gasteiger charge is -2.04. The number of carboxylic acid groups (broad SMARTS) is 1. The third-order valence-electron chi connectivity index (χ3n) is 2.74. The highest BCUT2D eigenvalue weighted by Gasteiger charge is 2.20. The summed E-state index contributed by atoms with van der Waals surface area (Å²) in [5.41, 5.74) is 0.219. The molecule has 0 unspecified atom stereocenters. The largest absolute Gasteiger partial charge is 0.478 e. The Morgan fingerprint density at radius 3 is 3.12 bits per heavy atom. The van der Waals surface area contributed by atoms with Crippen molar-refractivity contribution in [2.24, 2.45) is 5.92 Å². The van der Waals surface area contributed by atoms with Gasteiger partial charge in [0.25, 0.3) is 0 Å². The summed E-state index contributed by atoms with van der Waals surface area (Å²) < 4.78 is 10.5. The van der Waals surface area contributed by atoms with Gasteiger partial charge in [-0.1, -0.05) is 0 Å². The van der Waals surface area contributed by atoms with E-state index in [1.807, 2.05) is 0 Å². The highest BCUT2D eigenvalue weighted by atomic mass is 16.5. The zero-order valence-corrected chi connectivity index (χ0v) is 9.65. The molecule has 0 radical (unpaired) electrons. The van der Waals surface area contributed by atoms with Crippen molar-refractivity contribution < 1.29 is 19.1 Å². The lowest BCUT2D eigenvalue weighted by Crippen LogP contribution is -2.20. The molecule has 1 aliphatic carbocycles. The maximum Gasteiger partial charge on any atom is 0.339 e. The summed E-state index contributed by atoms with van der Waals surface area (Å²) in [5.74, 6) is 0.277. The third kappa shape index (κ3) is 3.87. The number of rotatable bonds is 8. The fourth-order valence-corrected chi connectivity index (χ4v) is 1.55. The standard InChI is InChI=1S/C12H17NO4/c14-12(15)10-3-5-17-11(10)7-13-4-6-16-8-9-1-2-9/h3,5,9,13H,1-2,4,6-8H2,(H,14,15). The van der Waals surface area contributed by atoms with Crippen molar-refractivity contribution in [3.05, 3.63) is 23.7 Å². The van der Waals surface area contributed by atoms with Crippen molar-refractivity contribution in [1.29, 1.82) is 0 Å². The molecule has 0 aromatic carbocycles. The van der Waals surface area contributed by atoms with Crippen LogP contribution in [0.25, 0.3) is 0 Å². The second-order valence-electron chi connectivity index (χ2n) is 4.26. The first kappa shape index (κ1) is 12.1. The molecule has 5 heteroatoms. The molecule has 1 heterocycles. The first-order valence-electron chi connectivity index (χ1n) is 5.85. The number of carboxylic acids is 1. The van der Waals surface area contributed by atoms with Crippen LogP contribution in [0.2, 0.25) is 0 Å². The highest BCUT2D eigenvalue weighted by Crippen LogP contribution is 2.28. The number of nitrogens with one attached hydrogen (secondary N) is 1. The minimum atomic E-state index is -0.958. The molecule has 0 atom stereocenters. The van der Waals surface area contributed by atoms with Crippen LogP contribution in [0.1, 0.15) is 29.0 Å². The molecule has 0 amide bonds. The number of aromatic carboxylic acids is 1. The Morgan fingerprint density at radius 2 is 2.41 bits per heavy atom. The molecular weight excluding hydrogens is 222 g/mol. The average Bonchev–Trinajstić information content (AvgIpc) is 2.99. The maximum absolute atomic E-state index is 10.8. The van der Waals surface area contributed by atoms with E-state index >= 15 is 0 Å². The van der Waals surface area contributed by atoms with Crippen LogP contribution in [0, 0.1) is 5.92 Å². The van der Waals surface area contributed by atoms with E-state index in [0.717, 1.165) is 12.5 Å². The summed E-state index contributed by atoms with van der Waals surface area (Å²) in [4.78, 5) is 10.8. The zero-order chi connectivity index (χ0) is 12.1. The fourth-order valence-electron chi connectivity index (χ4n) is 1.55. The van der Waals surface area contributed by atoms with Crippen molar-refractivity contribution in [2.45, 2.75) is 19.4 Å². The van der Waals surface area contributed by atoms with Crippen LogP contribution in [0.3, 0.4) is 0 Å². The molecule has 0 aliphatic heterocycles. The van der Waals surface area contributed by atoms with Gasteiger partial charge < -0.3 is 19.6 Å². The van der Waals surface area contributed by atoms with Crippen LogP contribution in [0.4, 0.5) is 0 Å². The summed E-state index contributed by atoms with van der Waals surface area (Å²) in [6.07, 6.45) is 3.98. The SMILES string of the molecule is O=C(O)c1ccoc1CNCCOCC1CC1. The Balaban J connectivity index is 1.60. The van der Waals surface area contributed by atoms with Gasteiger partial charge in [0.2, 0.25) is 0 Å². The van der Waals surface area contributed by atoms with Gasteiger partial charge in [0, 0.05) is 13.2 Å². The van der Waals surface area contributed by atoms with E-state index < -0.39 is 5.97 Å². The number of hydrogen-bond acceptors (Lipinski definition) is 4. The summed E-state index contributed by atoms with van der Waals surface area (Å²) in [6, 6.07) is 1.46. The maximum atomic E-state index is 10.8. The van der Waals surface area contributed by atoms with Crippen molar-refractivity contribution in [3.63, 3.8) is 0 Å². The predicted molar refractivity (Wildman–Crippen MR) is 60.9 cm³/mol. The molecule has 1 aromatic rings. The van der Waals surface area contributed by atoms with Gasteiger partial charge in [0.1, 0.15) is 11.3 Å². The first-order chi connectivity index (χ1) is 8.27. The molecule has 5 nitrogen and oxygen atoms in total. The van der Waals surface area contributed by atoms with E-state index in [9.17, 15) is 4.79 Å². The van der Waals surface area contributed by atoms with Crippen molar-refractivity contribution in [1.82, 2.24) is 5.32 Å². The van der Waals surface area contributed by atoms with Gasteiger partial charge in [-0.25, -0.2) is 4.79 Å². The van der Waals surface area contributed by atoms with E-state index in [-0.39, 0.29) is 5.56 Å².